The second-order valence-electron chi connectivity index (χ2n) is 6.22. The highest BCUT2D eigenvalue weighted by Gasteiger charge is 2.15. The van der Waals surface area contributed by atoms with Crippen molar-refractivity contribution < 1.29 is 4.79 Å². The quantitative estimate of drug-likeness (QED) is 0.746. The van der Waals surface area contributed by atoms with Gasteiger partial charge in [0.05, 0.1) is 0 Å². The Bertz CT molecular complexity index is 732. The van der Waals surface area contributed by atoms with Crippen LogP contribution in [0.2, 0.25) is 0 Å². The maximum atomic E-state index is 12.5. The minimum atomic E-state index is -0.0456. The second kappa shape index (κ2) is 7.82. The normalized spacial score (nSPS) is 12.8. The number of hydrogen-bond donors (Lipinski definition) is 2. The molecular weight excluding hydrogens is 296 g/mol. The lowest BCUT2D eigenvalue weighted by Crippen LogP contribution is -2.22. The summed E-state index contributed by atoms with van der Waals surface area (Å²) in [5, 5.41) is 6.28. The molecule has 0 saturated carbocycles. The van der Waals surface area contributed by atoms with Crippen LogP contribution in [-0.2, 0) is 11.2 Å². The van der Waals surface area contributed by atoms with Crippen molar-refractivity contribution in [3.63, 3.8) is 0 Å². The van der Waals surface area contributed by atoms with E-state index in [1.165, 1.54) is 24.8 Å². The predicted molar refractivity (Wildman–Crippen MR) is 101 cm³/mol. The Kier molecular flexibility index (Phi) is 5.32. The Morgan fingerprint density at radius 3 is 2.67 bits per heavy atom. The zero-order chi connectivity index (χ0) is 16.8. The molecule has 1 heterocycles. The number of hydrogen-bond acceptors (Lipinski definition) is 2. The van der Waals surface area contributed by atoms with Crippen LogP contribution in [0.25, 0.3) is 6.08 Å². The molecule has 3 nitrogen and oxygen atoms in total. The van der Waals surface area contributed by atoms with Crippen molar-refractivity contribution in [3.8, 4) is 0 Å². The number of rotatable bonds is 6. The highest BCUT2D eigenvalue weighted by molar-refractivity contribution is 6.08. The molecule has 2 aromatic rings. The van der Waals surface area contributed by atoms with E-state index in [0.717, 1.165) is 28.9 Å². The largest absolute Gasteiger partial charge is 0.380 e. The van der Waals surface area contributed by atoms with Gasteiger partial charge in [-0.2, -0.15) is 0 Å². The van der Waals surface area contributed by atoms with Gasteiger partial charge in [0.2, 0.25) is 0 Å². The van der Waals surface area contributed by atoms with Gasteiger partial charge in [0, 0.05) is 23.5 Å². The van der Waals surface area contributed by atoms with Crippen LogP contribution < -0.4 is 10.6 Å². The van der Waals surface area contributed by atoms with E-state index in [1.54, 1.807) is 0 Å². The molecule has 124 valence electrons. The number of unbranched alkanes of at least 4 members (excludes halogenated alkanes) is 2. The molecule has 0 spiro atoms. The Balaban J connectivity index is 1.62. The summed E-state index contributed by atoms with van der Waals surface area (Å²) in [6.07, 6.45) is 6.79. The van der Waals surface area contributed by atoms with E-state index < -0.39 is 0 Å². The van der Waals surface area contributed by atoms with Crippen LogP contribution in [0.4, 0.5) is 11.4 Å². The first-order chi connectivity index (χ1) is 11.8. The Morgan fingerprint density at radius 1 is 1.08 bits per heavy atom. The van der Waals surface area contributed by atoms with E-state index in [0.29, 0.717) is 6.54 Å². The SMILES string of the molecule is CCCCCc1ccc(NC(=O)C2=Cc3ccccc3NC2)cc1. The molecule has 0 atom stereocenters. The number of amides is 1. The van der Waals surface area contributed by atoms with Crippen LogP contribution in [0, 0.1) is 0 Å². The number of carbonyl (C=O) groups excluding carboxylic acids is 1. The first kappa shape index (κ1) is 16.3. The van der Waals surface area contributed by atoms with E-state index in [4.69, 9.17) is 0 Å². The monoisotopic (exact) mass is 320 g/mol. The third-order valence-electron chi connectivity index (χ3n) is 4.33. The topological polar surface area (TPSA) is 41.1 Å². The molecule has 1 aliphatic rings. The molecule has 0 radical (unpaired) electrons. The van der Waals surface area contributed by atoms with Gasteiger partial charge >= 0.3 is 0 Å². The zero-order valence-electron chi connectivity index (χ0n) is 14.1. The predicted octanol–water partition coefficient (Wildman–Crippen LogP) is 4.87. The lowest BCUT2D eigenvalue weighted by atomic mass is 10.0. The Labute approximate surface area is 143 Å². The van der Waals surface area contributed by atoms with Gasteiger partial charge in [-0.3, -0.25) is 4.79 Å². The first-order valence-electron chi connectivity index (χ1n) is 8.70. The number of para-hydroxylation sites is 1. The molecule has 0 unspecified atom stereocenters. The minimum absolute atomic E-state index is 0.0456. The highest BCUT2D eigenvalue weighted by Crippen LogP contribution is 2.23. The molecule has 0 fully saturated rings. The van der Waals surface area contributed by atoms with E-state index in [2.05, 4.69) is 29.7 Å². The molecule has 0 saturated heterocycles. The van der Waals surface area contributed by atoms with Crippen LogP contribution in [0.15, 0.2) is 54.1 Å². The van der Waals surface area contributed by atoms with E-state index in [9.17, 15) is 4.79 Å². The van der Waals surface area contributed by atoms with Gasteiger partial charge in [-0.25, -0.2) is 0 Å². The number of fused-ring (bicyclic) bond motifs is 1. The van der Waals surface area contributed by atoms with Crippen LogP contribution in [-0.4, -0.2) is 12.5 Å². The van der Waals surface area contributed by atoms with Crippen LogP contribution in [0.1, 0.15) is 37.3 Å². The summed E-state index contributed by atoms with van der Waals surface area (Å²) in [7, 11) is 0. The third kappa shape index (κ3) is 4.05. The van der Waals surface area contributed by atoms with E-state index >= 15 is 0 Å². The third-order valence-corrected chi connectivity index (χ3v) is 4.33. The standard InChI is InChI=1S/C21H24N2O/c1-2-3-4-7-16-10-12-19(13-11-16)23-21(24)18-14-17-8-5-6-9-20(17)22-15-18/h5-6,8-14,22H,2-4,7,15H2,1H3,(H,23,24). The molecule has 1 amide bonds. The van der Waals surface area contributed by atoms with Crippen molar-refractivity contribution >= 4 is 23.4 Å². The molecule has 3 rings (SSSR count). The van der Waals surface area contributed by atoms with Gasteiger partial charge < -0.3 is 10.6 Å². The van der Waals surface area contributed by atoms with Crippen molar-refractivity contribution in [2.45, 2.75) is 32.6 Å². The number of anilines is 2. The number of nitrogens with one attached hydrogen (secondary N) is 2. The molecule has 0 aliphatic carbocycles. The molecule has 3 heteroatoms. The van der Waals surface area contributed by atoms with Crippen molar-refractivity contribution in [2.24, 2.45) is 0 Å². The van der Waals surface area contributed by atoms with Crippen LogP contribution >= 0.6 is 0 Å². The van der Waals surface area contributed by atoms with Crippen molar-refractivity contribution in [1.29, 1.82) is 0 Å². The van der Waals surface area contributed by atoms with Crippen molar-refractivity contribution in [1.82, 2.24) is 0 Å². The molecule has 0 bridgehead atoms. The van der Waals surface area contributed by atoms with Crippen LogP contribution in [0.5, 0.6) is 0 Å². The first-order valence-corrected chi connectivity index (χ1v) is 8.70. The summed E-state index contributed by atoms with van der Waals surface area (Å²) in [5.74, 6) is -0.0456. The number of aryl methyl sites for hydroxylation is 1. The lowest BCUT2D eigenvalue weighted by Gasteiger charge is -2.18. The molecule has 1 aliphatic heterocycles. The molecule has 2 aromatic carbocycles. The number of carbonyl (C=O) groups is 1. The fourth-order valence-corrected chi connectivity index (χ4v) is 2.90. The highest BCUT2D eigenvalue weighted by atomic mass is 16.1. The summed E-state index contributed by atoms with van der Waals surface area (Å²) in [5.41, 5.74) is 5.05. The maximum absolute atomic E-state index is 12.5. The van der Waals surface area contributed by atoms with Gasteiger partial charge in [-0.05, 0) is 48.2 Å². The lowest BCUT2D eigenvalue weighted by molar-refractivity contribution is -0.112. The summed E-state index contributed by atoms with van der Waals surface area (Å²) in [6, 6.07) is 16.2. The smallest absolute Gasteiger partial charge is 0.253 e. The Morgan fingerprint density at radius 2 is 1.88 bits per heavy atom. The van der Waals surface area contributed by atoms with Gasteiger partial charge in [-0.15, -0.1) is 0 Å². The summed E-state index contributed by atoms with van der Waals surface area (Å²) >= 11 is 0. The zero-order valence-corrected chi connectivity index (χ0v) is 14.1. The molecule has 24 heavy (non-hydrogen) atoms. The van der Waals surface area contributed by atoms with Gasteiger partial charge in [0.15, 0.2) is 0 Å². The fourth-order valence-electron chi connectivity index (χ4n) is 2.90. The van der Waals surface area contributed by atoms with Gasteiger partial charge in [-0.1, -0.05) is 50.1 Å². The van der Waals surface area contributed by atoms with E-state index in [1.807, 2.05) is 42.5 Å². The number of benzene rings is 2. The molecule has 0 aromatic heterocycles. The van der Waals surface area contributed by atoms with Crippen LogP contribution in [0.3, 0.4) is 0 Å². The van der Waals surface area contributed by atoms with Gasteiger partial charge in [0.1, 0.15) is 0 Å². The molecular formula is C21H24N2O. The average molecular weight is 320 g/mol. The van der Waals surface area contributed by atoms with Crippen molar-refractivity contribution in [3.05, 3.63) is 65.2 Å². The maximum Gasteiger partial charge on any atom is 0.253 e. The second-order valence-corrected chi connectivity index (χ2v) is 6.22. The molecule has 2 N–H and O–H groups in total. The summed E-state index contributed by atoms with van der Waals surface area (Å²) in [4.78, 5) is 12.5. The van der Waals surface area contributed by atoms with E-state index in [-0.39, 0.29) is 5.91 Å². The Hall–Kier alpha value is -2.55. The van der Waals surface area contributed by atoms with Crippen molar-refractivity contribution in [2.75, 3.05) is 17.2 Å². The summed E-state index contributed by atoms with van der Waals surface area (Å²) < 4.78 is 0. The summed E-state index contributed by atoms with van der Waals surface area (Å²) in [6.45, 7) is 2.77. The average Bonchev–Trinajstić information content (AvgIpc) is 2.63. The minimum Gasteiger partial charge on any atom is -0.380 e. The fraction of sp³-hybridized carbons (Fsp3) is 0.286. The van der Waals surface area contributed by atoms with Gasteiger partial charge in [0.25, 0.3) is 5.91 Å².